The van der Waals surface area contributed by atoms with Gasteiger partial charge in [-0.3, -0.25) is 4.79 Å². The van der Waals surface area contributed by atoms with E-state index in [9.17, 15) is 4.79 Å². The number of nitrogens with zero attached hydrogens (tertiary/aromatic N) is 5. The molecule has 0 radical (unpaired) electrons. The average Bonchev–Trinajstić information content (AvgIpc) is 3.32. The van der Waals surface area contributed by atoms with Crippen LogP contribution in [0.15, 0.2) is 54.7 Å². The van der Waals surface area contributed by atoms with Gasteiger partial charge in [-0.05, 0) is 29.8 Å². The number of benzene rings is 2. The first-order chi connectivity index (χ1) is 18.2. The summed E-state index contributed by atoms with van der Waals surface area (Å²) < 4.78 is 33.0. The Bertz CT molecular complexity index is 1420. The number of nitrogens with one attached hydrogen (secondary N) is 3. The number of anilines is 3. The Kier molecular flexibility index (Phi) is 5.94. The quantitative estimate of drug-likeness (QED) is 0.333. The molecule has 0 atom stereocenters. The number of rotatable bonds is 9. The Morgan fingerprint density at radius 3 is 2.60 bits per heavy atom. The zero-order valence-corrected chi connectivity index (χ0v) is 19.4. The number of aromatic nitrogens is 5. The SMILES string of the molecule is [2H]C([2H])([2H])NC(=O)c1nnc(NCc2ccc(OC)cc2)cc1Nc1cccc(-c2cnn(C)n2)c1OC. The first-order valence-electron chi connectivity index (χ1n) is 12.0. The molecule has 2 aromatic heterocycles. The summed E-state index contributed by atoms with van der Waals surface area (Å²) in [6.07, 6.45) is 1.60. The Labute approximate surface area is 206 Å². The molecule has 2 heterocycles. The van der Waals surface area contributed by atoms with E-state index in [2.05, 4.69) is 31.0 Å². The van der Waals surface area contributed by atoms with E-state index in [0.29, 0.717) is 35.1 Å². The van der Waals surface area contributed by atoms with Crippen LogP contribution in [0, 0.1) is 0 Å². The van der Waals surface area contributed by atoms with Crippen LogP contribution in [0.25, 0.3) is 11.3 Å². The zero-order chi connectivity index (χ0) is 27.3. The van der Waals surface area contributed by atoms with Crippen LogP contribution in [-0.4, -0.2) is 52.3 Å². The average molecular weight is 478 g/mol. The van der Waals surface area contributed by atoms with Crippen LogP contribution in [0.5, 0.6) is 11.5 Å². The highest BCUT2D eigenvalue weighted by molar-refractivity contribution is 5.98. The van der Waals surface area contributed by atoms with Crippen molar-refractivity contribution in [1.82, 2.24) is 30.5 Å². The molecular weight excluding hydrogens is 448 g/mol. The van der Waals surface area contributed by atoms with Crippen LogP contribution in [0.3, 0.4) is 0 Å². The van der Waals surface area contributed by atoms with Gasteiger partial charge in [0.25, 0.3) is 5.91 Å². The van der Waals surface area contributed by atoms with Crippen LogP contribution in [0.1, 0.15) is 20.2 Å². The molecule has 0 aliphatic carbocycles. The van der Waals surface area contributed by atoms with Gasteiger partial charge in [-0.2, -0.15) is 15.0 Å². The maximum absolute atomic E-state index is 12.8. The summed E-state index contributed by atoms with van der Waals surface area (Å²) in [5.41, 5.74) is 2.72. The van der Waals surface area contributed by atoms with E-state index >= 15 is 0 Å². The fourth-order valence-corrected chi connectivity index (χ4v) is 3.41. The van der Waals surface area contributed by atoms with Gasteiger partial charge in [0.1, 0.15) is 11.4 Å². The fraction of sp³-hybridized carbons (Fsp3) is 0.208. The topological polar surface area (TPSA) is 128 Å². The van der Waals surface area contributed by atoms with Crippen molar-refractivity contribution in [2.45, 2.75) is 6.54 Å². The van der Waals surface area contributed by atoms with Crippen molar-refractivity contribution in [3.63, 3.8) is 0 Å². The largest absolute Gasteiger partial charge is 0.497 e. The van der Waals surface area contributed by atoms with Gasteiger partial charge in [-0.15, -0.1) is 10.2 Å². The Morgan fingerprint density at radius 2 is 1.91 bits per heavy atom. The number of ether oxygens (including phenoxy) is 2. The van der Waals surface area contributed by atoms with E-state index in [1.165, 1.54) is 11.9 Å². The van der Waals surface area contributed by atoms with Crippen molar-refractivity contribution in [2.75, 3.05) is 31.8 Å². The highest BCUT2D eigenvalue weighted by Crippen LogP contribution is 2.37. The molecule has 0 spiro atoms. The predicted molar refractivity (Wildman–Crippen MR) is 132 cm³/mol. The number of carbonyl (C=O) groups excluding carboxylic acids is 1. The lowest BCUT2D eigenvalue weighted by atomic mass is 10.1. The van der Waals surface area contributed by atoms with Crippen LogP contribution in [0.4, 0.5) is 17.2 Å². The molecule has 35 heavy (non-hydrogen) atoms. The number of aryl methyl sites for hydroxylation is 1. The molecule has 0 aliphatic heterocycles. The number of methoxy groups -OCH3 is 2. The summed E-state index contributed by atoms with van der Waals surface area (Å²) in [4.78, 5) is 14.2. The van der Waals surface area contributed by atoms with Crippen molar-refractivity contribution in [2.24, 2.45) is 7.05 Å². The van der Waals surface area contributed by atoms with Crippen LogP contribution >= 0.6 is 0 Å². The number of para-hydroxylation sites is 1. The second-order valence-corrected chi connectivity index (χ2v) is 7.38. The molecule has 0 fully saturated rings. The number of amides is 1. The van der Waals surface area contributed by atoms with Gasteiger partial charge >= 0.3 is 0 Å². The van der Waals surface area contributed by atoms with Gasteiger partial charge in [0, 0.05) is 36.3 Å². The van der Waals surface area contributed by atoms with Crippen molar-refractivity contribution in [1.29, 1.82) is 0 Å². The lowest BCUT2D eigenvalue weighted by Gasteiger charge is -2.16. The van der Waals surface area contributed by atoms with E-state index in [4.69, 9.17) is 13.6 Å². The minimum Gasteiger partial charge on any atom is -0.497 e. The summed E-state index contributed by atoms with van der Waals surface area (Å²) in [6.45, 7) is -2.28. The molecule has 0 bridgehead atoms. The van der Waals surface area contributed by atoms with E-state index in [1.807, 2.05) is 35.6 Å². The predicted octanol–water partition coefficient (Wildman–Crippen LogP) is 3.00. The Balaban J connectivity index is 1.67. The lowest BCUT2D eigenvalue weighted by Crippen LogP contribution is -2.21. The molecule has 4 rings (SSSR count). The Morgan fingerprint density at radius 1 is 1.09 bits per heavy atom. The van der Waals surface area contributed by atoms with Crippen LogP contribution in [0.2, 0.25) is 0 Å². The number of hydrogen-bond acceptors (Lipinski definition) is 9. The smallest absolute Gasteiger partial charge is 0.273 e. The first kappa shape index (κ1) is 19.8. The molecule has 0 aliphatic rings. The summed E-state index contributed by atoms with van der Waals surface area (Å²) in [5.74, 6) is 0.630. The summed E-state index contributed by atoms with van der Waals surface area (Å²) in [7, 11) is 4.81. The Hall–Kier alpha value is -4.67. The highest BCUT2D eigenvalue weighted by atomic mass is 16.5. The molecule has 0 saturated heterocycles. The minimum atomic E-state index is -2.70. The normalized spacial score (nSPS) is 12.1. The van der Waals surface area contributed by atoms with Crippen LogP contribution in [-0.2, 0) is 13.6 Å². The molecular formula is C24H26N8O3. The van der Waals surface area contributed by atoms with Gasteiger partial charge < -0.3 is 25.4 Å². The van der Waals surface area contributed by atoms with Gasteiger partial charge in [-0.1, -0.05) is 18.2 Å². The van der Waals surface area contributed by atoms with E-state index in [-0.39, 0.29) is 11.4 Å². The maximum Gasteiger partial charge on any atom is 0.273 e. The molecule has 4 aromatic rings. The number of hydrogen-bond donors (Lipinski definition) is 3. The third kappa shape index (κ3) is 5.29. The number of carbonyl (C=O) groups is 1. The molecule has 11 heteroatoms. The van der Waals surface area contributed by atoms with Crippen LogP contribution < -0.4 is 25.4 Å². The second kappa shape index (κ2) is 10.5. The second-order valence-electron chi connectivity index (χ2n) is 7.38. The van der Waals surface area contributed by atoms with Crippen molar-refractivity contribution < 1.29 is 18.4 Å². The van der Waals surface area contributed by atoms with Gasteiger partial charge in [0.05, 0.1) is 31.8 Å². The third-order valence-corrected chi connectivity index (χ3v) is 5.12. The lowest BCUT2D eigenvalue weighted by molar-refractivity contribution is 0.0958. The van der Waals surface area contributed by atoms with E-state index < -0.39 is 12.9 Å². The fourth-order valence-electron chi connectivity index (χ4n) is 3.41. The zero-order valence-electron chi connectivity index (χ0n) is 22.4. The monoisotopic (exact) mass is 477 g/mol. The molecule has 0 saturated carbocycles. The van der Waals surface area contributed by atoms with Gasteiger partial charge in [0.15, 0.2) is 17.3 Å². The summed E-state index contributed by atoms with van der Waals surface area (Å²) >= 11 is 0. The van der Waals surface area contributed by atoms with Crippen molar-refractivity contribution in [3.05, 3.63) is 66.0 Å². The molecule has 0 unspecified atom stereocenters. The highest BCUT2D eigenvalue weighted by Gasteiger charge is 2.18. The molecule has 11 nitrogen and oxygen atoms in total. The third-order valence-electron chi connectivity index (χ3n) is 5.12. The standard InChI is InChI=1S/C24H26N8O3/c1-25-24(33)22-19(12-21(29-30-22)26-13-15-8-10-16(34-3)11-9-15)28-18-7-5-6-17(23(18)35-4)20-14-27-32(2)31-20/h5-12,14H,13H2,1-4H3,(H,25,33)(H2,26,28,29)/i1D3. The minimum absolute atomic E-state index is 0.205. The molecule has 1 amide bonds. The summed E-state index contributed by atoms with van der Waals surface area (Å²) in [5, 5.41) is 24.8. The van der Waals surface area contributed by atoms with Crippen molar-refractivity contribution >= 4 is 23.1 Å². The molecule has 2 aromatic carbocycles. The van der Waals surface area contributed by atoms with E-state index in [1.54, 1.807) is 38.6 Å². The van der Waals surface area contributed by atoms with Gasteiger partial charge in [-0.25, -0.2) is 0 Å². The summed E-state index contributed by atoms with van der Waals surface area (Å²) in [6, 6.07) is 14.4. The van der Waals surface area contributed by atoms with E-state index in [0.717, 1.165) is 11.3 Å². The van der Waals surface area contributed by atoms with Crippen molar-refractivity contribution in [3.8, 4) is 22.8 Å². The molecule has 180 valence electrons. The van der Waals surface area contributed by atoms with Gasteiger partial charge in [0.2, 0.25) is 0 Å². The first-order valence-corrected chi connectivity index (χ1v) is 10.5. The maximum atomic E-state index is 12.8. The molecule has 3 N–H and O–H groups in total.